The van der Waals surface area contributed by atoms with Crippen molar-refractivity contribution in [2.45, 2.75) is 44.0 Å². The van der Waals surface area contributed by atoms with Gasteiger partial charge in [-0.05, 0) is 62.6 Å². The van der Waals surface area contributed by atoms with Gasteiger partial charge in [-0.15, -0.1) is 0 Å². The van der Waals surface area contributed by atoms with Crippen LogP contribution in [0, 0.1) is 6.92 Å². The van der Waals surface area contributed by atoms with Crippen molar-refractivity contribution in [3.63, 3.8) is 0 Å². The van der Waals surface area contributed by atoms with Crippen LogP contribution in [0.4, 0.5) is 5.69 Å². The number of carbonyl (C=O) groups is 2. The molecule has 9 heteroatoms. The predicted molar refractivity (Wildman–Crippen MR) is 121 cm³/mol. The van der Waals surface area contributed by atoms with E-state index in [2.05, 4.69) is 5.32 Å². The number of hydrogen-bond acceptors (Lipinski definition) is 6. The van der Waals surface area contributed by atoms with Crippen molar-refractivity contribution in [3.8, 4) is 5.75 Å². The minimum absolute atomic E-state index is 0.0740. The second kappa shape index (κ2) is 9.70. The standard InChI is InChI=1S/C23H28N2O6S/c1-15-8-10-18(32(28,29)25-12-6-5-7-16(25)2)14-19(15)22(26)24-21-11-9-17(30-3)13-20(21)23(27)31-4/h8-11,13-14,16H,5-7,12H2,1-4H3,(H,24,26). The third-order valence-electron chi connectivity index (χ3n) is 5.68. The second-order valence-corrected chi connectivity index (χ2v) is 9.69. The van der Waals surface area contributed by atoms with Crippen LogP contribution < -0.4 is 10.1 Å². The lowest BCUT2D eigenvalue weighted by molar-refractivity contribution is 0.0601. The number of ether oxygens (including phenoxy) is 2. The fraction of sp³-hybridized carbons (Fsp3) is 0.391. The van der Waals surface area contributed by atoms with Gasteiger partial charge < -0.3 is 14.8 Å². The molecule has 0 saturated carbocycles. The molecule has 0 spiro atoms. The highest BCUT2D eigenvalue weighted by Crippen LogP contribution is 2.28. The van der Waals surface area contributed by atoms with Gasteiger partial charge in [-0.3, -0.25) is 4.79 Å². The molecule has 1 heterocycles. The summed E-state index contributed by atoms with van der Waals surface area (Å²) in [7, 11) is -1.02. The van der Waals surface area contributed by atoms with Crippen LogP contribution in [-0.2, 0) is 14.8 Å². The molecule has 1 unspecified atom stereocenters. The lowest BCUT2D eigenvalue weighted by Crippen LogP contribution is -2.42. The summed E-state index contributed by atoms with van der Waals surface area (Å²) >= 11 is 0. The molecule has 32 heavy (non-hydrogen) atoms. The molecule has 1 N–H and O–H groups in total. The van der Waals surface area contributed by atoms with Crippen molar-refractivity contribution in [1.82, 2.24) is 4.31 Å². The van der Waals surface area contributed by atoms with Gasteiger partial charge in [0.25, 0.3) is 5.91 Å². The number of piperidine rings is 1. The van der Waals surface area contributed by atoms with Gasteiger partial charge in [0.2, 0.25) is 10.0 Å². The minimum atomic E-state index is -3.73. The topological polar surface area (TPSA) is 102 Å². The first-order chi connectivity index (χ1) is 15.2. The summed E-state index contributed by atoms with van der Waals surface area (Å²) < 4.78 is 37.9. The molecule has 0 aromatic heterocycles. The van der Waals surface area contributed by atoms with Crippen LogP contribution in [0.15, 0.2) is 41.3 Å². The first-order valence-electron chi connectivity index (χ1n) is 10.4. The number of amides is 1. The van der Waals surface area contributed by atoms with Gasteiger partial charge in [0.05, 0.1) is 30.4 Å². The first-order valence-corrected chi connectivity index (χ1v) is 11.8. The Morgan fingerprint density at radius 3 is 2.47 bits per heavy atom. The first kappa shape index (κ1) is 23.7. The third-order valence-corrected chi connectivity index (χ3v) is 7.69. The van der Waals surface area contributed by atoms with Crippen LogP contribution in [0.3, 0.4) is 0 Å². The Morgan fingerprint density at radius 1 is 1.06 bits per heavy atom. The molecule has 3 rings (SSSR count). The number of sulfonamides is 1. The van der Waals surface area contributed by atoms with Crippen LogP contribution in [0.1, 0.15) is 52.5 Å². The summed E-state index contributed by atoms with van der Waals surface area (Å²) in [4.78, 5) is 25.3. The monoisotopic (exact) mass is 460 g/mol. The minimum Gasteiger partial charge on any atom is -0.497 e. The van der Waals surface area contributed by atoms with Crippen LogP contribution >= 0.6 is 0 Å². The number of hydrogen-bond donors (Lipinski definition) is 1. The van der Waals surface area contributed by atoms with Crippen molar-refractivity contribution in [1.29, 1.82) is 0 Å². The molecule has 2 aromatic rings. The van der Waals surface area contributed by atoms with Crippen LogP contribution in [0.5, 0.6) is 5.75 Å². The number of carbonyl (C=O) groups excluding carboxylic acids is 2. The van der Waals surface area contributed by atoms with Gasteiger partial charge in [-0.25, -0.2) is 13.2 Å². The summed E-state index contributed by atoms with van der Waals surface area (Å²) in [6.45, 7) is 4.09. The van der Waals surface area contributed by atoms with Gasteiger partial charge in [0.15, 0.2) is 0 Å². The molecule has 0 bridgehead atoms. The summed E-state index contributed by atoms with van der Waals surface area (Å²) in [6, 6.07) is 9.05. The quantitative estimate of drug-likeness (QED) is 0.661. The van der Waals surface area contributed by atoms with Crippen LogP contribution in [0.25, 0.3) is 0 Å². The van der Waals surface area contributed by atoms with E-state index in [1.807, 2.05) is 6.92 Å². The van der Waals surface area contributed by atoms with E-state index in [0.717, 1.165) is 19.3 Å². The van der Waals surface area contributed by atoms with Crippen molar-refractivity contribution in [2.24, 2.45) is 0 Å². The second-order valence-electron chi connectivity index (χ2n) is 7.79. The molecule has 8 nitrogen and oxygen atoms in total. The molecule has 0 radical (unpaired) electrons. The molecule has 1 saturated heterocycles. The SMILES string of the molecule is COC(=O)c1cc(OC)ccc1NC(=O)c1cc(S(=O)(=O)N2CCCCC2C)ccc1C. The number of methoxy groups -OCH3 is 2. The Hall–Kier alpha value is -2.91. The van der Waals surface area contributed by atoms with Crippen molar-refractivity contribution in [2.75, 3.05) is 26.1 Å². The zero-order chi connectivity index (χ0) is 23.5. The number of esters is 1. The van der Waals surface area contributed by atoms with E-state index in [4.69, 9.17) is 9.47 Å². The molecule has 172 valence electrons. The molecule has 1 aliphatic heterocycles. The van der Waals surface area contributed by atoms with Crippen LogP contribution in [-0.4, -0.2) is 51.4 Å². The summed E-state index contributed by atoms with van der Waals surface area (Å²) in [5, 5.41) is 2.70. The summed E-state index contributed by atoms with van der Waals surface area (Å²) in [5.74, 6) is -0.726. The maximum atomic E-state index is 13.2. The third kappa shape index (κ3) is 4.78. The maximum Gasteiger partial charge on any atom is 0.340 e. The lowest BCUT2D eigenvalue weighted by atomic mass is 10.1. The van der Waals surface area contributed by atoms with Gasteiger partial charge in [0.1, 0.15) is 5.75 Å². The molecule has 0 aliphatic carbocycles. The zero-order valence-corrected chi connectivity index (χ0v) is 19.5. The predicted octanol–water partition coefficient (Wildman–Crippen LogP) is 3.61. The van der Waals surface area contributed by atoms with Crippen molar-refractivity contribution >= 4 is 27.6 Å². The van der Waals surface area contributed by atoms with Gasteiger partial charge in [-0.1, -0.05) is 12.5 Å². The summed E-state index contributed by atoms with van der Waals surface area (Å²) in [5.41, 5.74) is 1.19. The molecular weight excluding hydrogens is 432 g/mol. The Balaban J connectivity index is 1.94. The molecule has 1 fully saturated rings. The van der Waals surface area contributed by atoms with Crippen molar-refractivity contribution < 1.29 is 27.5 Å². The normalized spacial score (nSPS) is 16.9. The van der Waals surface area contributed by atoms with E-state index >= 15 is 0 Å². The Labute approximate surface area is 188 Å². The average Bonchev–Trinajstić information content (AvgIpc) is 2.79. The average molecular weight is 461 g/mol. The fourth-order valence-electron chi connectivity index (χ4n) is 3.80. The number of nitrogens with one attached hydrogen (secondary N) is 1. The van der Waals surface area contributed by atoms with Gasteiger partial charge >= 0.3 is 5.97 Å². The van der Waals surface area contributed by atoms with E-state index < -0.39 is 21.9 Å². The van der Waals surface area contributed by atoms with Gasteiger partial charge in [-0.2, -0.15) is 4.31 Å². The van der Waals surface area contributed by atoms with E-state index in [1.165, 1.54) is 42.8 Å². The molecule has 1 amide bonds. The van der Waals surface area contributed by atoms with Crippen LogP contribution in [0.2, 0.25) is 0 Å². The summed E-state index contributed by atoms with van der Waals surface area (Å²) in [6.07, 6.45) is 2.63. The Morgan fingerprint density at radius 2 is 1.81 bits per heavy atom. The van der Waals surface area contributed by atoms with E-state index in [9.17, 15) is 18.0 Å². The number of aryl methyl sites for hydroxylation is 1. The zero-order valence-electron chi connectivity index (χ0n) is 18.7. The van der Waals surface area contributed by atoms with E-state index in [1.54, 1.807) is 19.1 Å². The fourth-order valence-corrected chi connectivity index (χ4v) is 5.52. The number of nitrogens with zero attached hydrogens (tertiary/aromatic N) is 1. The number of anilines is 1. The highest BCUT2D eigenvalue weighted by atomic mass is 32.2. The Kier molecular flexibility index (Phi) is 7.20. The molecule has 1 atom stereocenters. The van der Waals surface area contributed by atoms with Gasteiger partial charge in [0, 0.05) is 18.2 Å². The lowest BCUT2D eigenvalue weighted by Gasteiger charge is -2.32. The smallest absolute Gasteiger partial charge is 0.340 e. The highest BCUT2D eigenvalue weighted by molar-refractivity contribution is 7.89. The largest absolute Gasteiger partial charge is 0.497 e. The molecule has 1 aliphatic rings. The van der Waals surface area contributed by atoms with E-state index in [0.29, 0.717) is 17.9 Å². The van der Waals surface area contributed by atoms with E-state index in [-0.39, 0.29) is 27.8 Å². The number of rotatable bonds is 6. The maximum absolute atomic E-state index is 13.2. The molecular formula is C23H28N2O6S. The molecule has 2 aromatic carbocycles. The number of benzene rings is 2. The van der Waals surface area contributed by atoms with Crippen molar-refractivity contribution in [3.05, 3.63) is 53.1 Å². The Bertz CT molecular complexity index is 1130. The highest BCUT2D eigenvalue weighted by Gasteiger charge is 2.31.